The Morgan fingerprint density at radius 2 is 2.03 bits per heavy atom. The molecule has 0 radical (unpaired) electrons. The van der Waals surface area contributed by atoms with E-state index in [2.05, 4.69) is 36.4 Å². The molecule has 30 heavy (non-hydrogen) atoms. The summed E-state index contributed by atoms with van der Waals surface area (Å²) in [4.78, 5) is 20.8. The van der Waals surface area contributed by atoms with Gasteiger partial charge in [-0.3, -0.25) is 10.1 Å². The van der Waals surface area contributed by atoms with Gasteiger partial charge in [-0.15, -0.1) is 0 Å². The molecule has 2 heterocycles. The maximum Gasteiger partial charge on any atom is 0.241 e. The minimum absolute atomic E-state index is 0.0566. The lowest BCUT2D eigenvalue weighted by molar-refractivity contribution is -0.115. The summed E-state index contributed by atoms with van der Waals surface area (Å²) in [5, 5.41) is 7.32. The van der Waals surface area contributed by atoms with Crippen LogP contribution in [0.3, 0.4) is 0 Å². The molecule has 4 rings (SSSR count). The number of hydrogen-bond donors (Lipinski definition) is 1. The van der Waals surface area contributed by atoms with Gasteiger partial charge in [-0.05, 0) is 51.8 Å². The fourth-order valence-corrected chi connectivity index (χ4v) is 3.46. The van der Waals surface area contributed by atoms with Crippen LogP contribution in [0.5, 0.6) is 0 Å². The molecule has 1 N–H and O–H groups in total. The van der Waals surface area contributed by atoms with E-state index < -0.39 is 5.82 Å². The zero-order valence-corrected chi connectivity index (χ0v) is 17.6. The first kappa shape index (κ1) is 20.2. The Labute approximate surface area is 184 Å². The fourth-order valence-electron chi connectivity index (χ4n) is 2.88. The Balaban J connectivity index is 1.71. The Hall–Kier alpha value is -3.10. The molecule has 1 amide bonds. The minimum atomic E-state index is -0.404. The van der Waals surface area contributed by atoms with Crippen molar-refractivity contribution in [3.8, 4) is 22.5 Å². The van der Waals surface area contributed by atoms with Gasteiger partial charge in [-0.1, -0.05) is 35.0 Å². The number of nitrogens with zero attached hydrogens (tertiary/aromatic N) is 3. The van der Waals surface area contributed by atoms with Gasteiger partial charge in [-0.2, -0.15) is 0 Å². The molecule has 0 bridgehead atoms. The number of carbonyl (C=O) groups excluding carboxylic acids is 1. The molecule has 2 aromatic heterocycles. The van der Waals surface area contributed by atoms with E-state index in [-0.39, 0.29) is 22.7 Å². The summed E-state index contributed by atoms with van der Waals surface area (Å²) in [6, 6.07) is 13.2. The maximum atomic E-state index is 13.7. The number of benzene rings is 2. The van der Waals surface area contributed by atoms with E-state index >= 15 is 0 Å². The van der Waals surface area contributed by atoms with Crippen LogP contribution in [0, 0.1) is 5.82 Å². The quantitative estimate of drug-likeness (QED) is 0.400. The molecular weight excluding hydrogens is 475 g/mol. The second kappa shape index (κ2) is 8.73. The first-order chi connectivity index (χ1) is 14.5. The van der Waals surface area contributed by atoms with E-state index in [4.69, 9.17) is 16.1 Å². The summed E-state index contributed by atoms with van der Waals surface area (Å²) in [6.45, 7) is 0. The summed E-state index contributed by atoms with van der Waals surface area (Å²) < 4.78 is 19.4. The zero-order chi connectivity index (χ0) is 21.1. The number of nitrogens with one attached hydrogen (secondary N) is 1. The highest BCUT2D eigenvalue weighted by atomic mass is 79.9. The Morgan fingerprint density at radius 3 is 2.77 bits per heavy atom. The molecule has 2 aromatic carbocycles. The zero-order valence-electron chi connectivity index (χ0n) is 15.3. The van der Waals surface area contributed by atoms with Crippen LogP contribution in [0.25, 0.3) is 22.5 Å². The van der Waals surface area contributed by atoms with Crippen LogP contribution >= 0.6 is 27.5 Å². The normalized spacial score (nSPS) is 10.8. The molecule has 0 aliphatic heterocycles. The molecule has 150 valence electrons. The lowest BCUT2D eigenvalue weighted by Gasteiger charge is -2.07. The maximum absolute atomic E-state index is 13.7. The van der Waals surface area contributed by atoms with Crippen molar-refractivity contribution in [2.24, 2.45) is 0 Å². The molecule has 0 atom stereocenters. The van der Waals surface area contributed by atoms with Crippen molar-refractivity contribution in [3.05, 3.63) is 81.9 Å². The lowest BCUT2D eigenvalue weighted by Crippen LogP contribution is -2.14. The second-order valence-electron chi connectivity index (χ2n) is 6.28. The smallest absolute Gasteiger partial charge is 0.241 e. The first-order valence-electron chi connectivity index (χ1n) is 8.77. The minimum Gasteiger partial charge on any atom is -0.337 e. The number of hydrogen-bond acceptors (Lipinski definition) is 5. The van der Waals surface area contributed by atoms with Crippen molar-refractivity contribution < 1.29 is 13.7 Å². The fraction of sp³-hybridized carbons (Fsp3) is 0.0476. The van der Waals surface area contributed by atoms with Crippen molar-refractivity contribution in [1.82, 2.24) is 15.1 Å². The molecular formula is C21H13BrClFN4O2. The Morgan fingerprint density at radius 1 is 1.20 bits per heavy atom. The highest BCUT2D eigenvalue weighted by Crippen LogP contribution is 2.37. The highest BCUT2D eigenvalue weighted by Gasteiger charge is 2.23. The number of anilines is 1. The summed E-state index contributed by atoms with van der Waals surface area (Å²) in [5.74, 6) is -0.610. The highest BCUT2D eigenvalue weighted by molar-refractivity contribution is 9.10. The second-order valence-corrected chi connectivity index (χ2v) is 7.54. The van der Waals surface area contributed by atoms with E-state index in [9.17, 15) is 9.18 Å². The van der Waals surface area contributed by atoms with Crippen LogP contribution in [0.15, 0.2) is 70.1 Å². The predicted molar refractivity (Wildman–Crippen MR) is 114 cm³/mol. The van der Waals surface area contributed by atoms with E-state index in [1.54, 1.807) is 48.7 Å². The van der Waals surface area contributed by atoms with Gasteiger partial charge in [0.1, 0.15) is 17.8 Å². The van der Waals surface area contributed by atoms with E-state index in [0.717, 1.165) is 0 Å². The summed E-state index contributed by atoms with van der Waals surface area (Å²) in [7, 11) is 0. The van der Waals surface area contributed by atoms with Crippen LogP contribution in [0.2, 0.25) is 5.02 Å². The molecule has 0 aliphatic rings. The molecule has 4 aromatic rings. The Bertz CT molecular complexity index is 1220. The number of halogens is 3. The third kappa shape index (κ3) is 4.24. The SMILES string of the molecule is O=C(Cc1ccccc1Cl)Nc1onc(-c2ccc(F)c(Br)c2)c1-c1ccncn1. The van der Waals surface area contributed by atoms with E-state index in [1.807, 2.05) is 0 Å². The number of rotatable bonds is 5. The molecule has 0 fully saturated rings. The predicted octanol–water partition coefficient (Wildman–Crippen LogP) is 5.53. The van der Waals surface area contributed by atoms with Crippen molar-refractivity contribution in [2.75, 3.05) is 5.32 Å². The summed E-state index contributed by atoms with van der Waals surface area (Å²) in [6.07, 6.45) is 3.00. The van der Waals surface area contributed by atoms with Crippen molar-refractivity contribution in [1.29, 1.82) is 0 Å². The van der Waals surface area contributed by atoms with Gasteiger partial charge in [0.05, 0.1) is 22.2 Å². The van der Waals surface area contributed by atoms with Crippen molar-refractivity contribution in [2.45, 2.75) is 6.42 Å². The number of carbonyl (C=O) groups is 1. The largest absolute Gasteiger partial charge is 0.337 e. The molecule has 0 spiro atoms. The lowest BCUT2D eigenvalue weighted by atomic mass is 10.0. The number of amides is 1. The third-order valence-corrected chi connectivity index (χ3v) is 5.26. The summed E-state index contributed by atoms with van der Waals surface area (Å²) >= 11 is 9.32. The van der Waals surface area contributed by atoms with Gasteiger partial charge in [0, 0.05) is 16.8 Å². The van der Waals surface area contributed by atoms with Crippen LogP contribution in [-0.4, -0.2) is 21.0 Å². The monoisotopic (exact) mass is 486 g/mol. The van der Waals surface area contributed by atoms with Crippen LogP contribution in [0.4, 0.5) is 10.3 Å². The Kier molecular flexibility index (Phi) is 5.87. The standard InChI is InChI=1S/C21H13BrClFN4O2/c22-14-9-13(5-6-16(14)24)20-19(17-7-8-25-11-26-17)21(30-28-20)27-18(29)10-12-3-1-2-4-15(12)23/h1-9,11H,10H2,(H,27,29). The molecule has 6 nitrogen and oxygen atoms in total. The van der Waals surface area contributed by atoms with Crippen LogP contribution < -0.4 is 5.32 Å². The summed E-state index contributed by atoms with van der Waals surface area (Å²) in [5.41, 5.74) is 2.63. The van der Waals surface area contributed by atoms with Gasteiger partial charge in [0.25, 0.3) is 0 Å². The van der Waals surface area contributed by atoms with Gasteiger partial charge in [-0.25, -0.2) is 14.4 Å². The molecule has 0 unspecified atom stereocenters. The van der Waals surface area contributed by atoms with Gasteiger partial charge in [0.15, 0.2) is 0 Å². The molecule has 0 saturated carbocycles. The van der Waals surface area contributed by atoms with Crippen LogP contribution in [-0.2, 0) is 11.2 Å². The third-order valence-electron chi connectivity index (χ3n) is 4.29. The van der Waals surface area contributed by atoms with Gasteiger partial charge < -0.3 is 4.52 Å². The van der Waals surface area contributed by atoms with Gasteiger partial charge >= 0.3 is 0 Å². The molecule has 0 saturated heterocycles. The first-order valence-corrected chi connectivity index (χ1v) is 9.95. The van der Waals surface area contributed by atoms with Crippen molar-refractivity contribution in [3.63, 3.8) is 0 Å². The average Bonchev–Trinajstić information content (AvgIpc) is 3.15. The van der Waals surface area contributed by atoms with Crippen LogP contribution in [0.1, 0.15) is 5.56 Å². The topological polar surface area (TPSA) is 80.9 Å². The molecule has 9 heteroatoms. The number of aromatic nitrogens is 3. The molecule has 0 aliphatic carbocycles. The van der Waals surface area contributed by atoms with E-state index in [0.29, 0.717) is 33.1 Å². The van der Waals surface area contributed by atoms with E-state index in [1.165, 1.54) is 12.4 Å². The average molecular weight is 488 g/mol. The van der Waals surface area contributed by atoms with Gasteiger partial charge in [0.2, 0.25) is 11.8 Å². The van der Waals surface area contributed by atoms with Crippen molar-refractivity contribution >= 4 is 39.3 Å².